The summed E-state index contributed by atoms with van der Waals surface area (Å²) in [7, 11) is 0. The van der Waals surface area contributed by atoms with Crippen LogP contribution in [0.2, 0.25) is 0 Å². The monoisotopic (exact) mass is 382 g/mol. The highest BCUT2D eigenvalue weighted by atomic mass is 79.9. The lowest BCUT2D eigenvalue weighted by Gasteiger charge is -2.19. The molecule has 0 radical (unpaired) electrons. The topological polar surface area (TPSA) is 41.6 Å². The van der Waals surface area contributed by atoms with Gasteiger partial charge in [-0.05, 0) is 36.5 Å². The second kappa shape index (κ2) is 9.28. The van der Waals surface area contributed by atoms with Gasteiger partial charge in [-0.2, -0.15) is 0 Å². The van der Waals surface area contributed by atoms with Crippen molar-refractivity contribution in [3.63, 3.8) is 0 Å². The first-order valence-corrected chi connectivity index (χ1v) is 9.19. The van der Waals surface area contributed by atoms with E-state index in [0.717, 1.165) is 37.1 Å². The standard InChI is InChI=1S/C18H27BrN2O2/c1-14(2)13-23-9-7-18(22)20-11-15-6-8-21(12-15)17-5-3-4-16(19)10-17/h3-5,10,14-15H,6-9,11-13H2,1-2H3,(H,20,22). The molecule has 1 atom stereocenters. The highest BCUT2D eigenvalue weighted by molar-refractivity contribution is 9.10. The lowest BCUT2D eigenvalue weighted by Crippen LogP contribution is -2.31. The van der Waals surface area contributed by atoms with Crippen LogP contribution in [-0.2, 0) is 9.53 Å². The van der Waals surface area contributed by atoms with Gasteiger partial charge in [0.1, 0.15) is 0 Å². The van der Waals surface area contributed by atoms with E-state index in [0.29, 0.717) is 24.9 Å². The summed E-state index contributed by atoms with van der Waals surface area (Å²) in [5, 5.41) is 3.04. The Kier molecular flexibility index (Phi) is 7.37. The number of anilines is 1. The molecule has 1 saturated heterocycles. The predicted octanol–water partition coefficient (Wildman–Crippen LogP) is 3.45. The van der Waals surface area contributed by atoms with Crippen molar-refractivity contribution in [3.8, 4) is 0 Å². The second-order valence-electron chi connectivity index (χ2n) is 6.60. The van der Waals surface area contributed by atoms with Crippen molar-refractivity contribution in [2.45, 2.75) is 26.7 Å². The van der Waals surface area contributed by atoms with Gasteiger partial charge < -0.3 is 15.0 Å². The van der Waals surface area contributed by atoms with E-state index in [1.165, 1.54) is 5.69 Å². The maximum absolute atomic E-state index is 11.8. The van der Waals surface area contributed by atoms with Gasteiger partial charge >= 0.3 is 0 Å². The van der Waals surface area contributed by atoms with Crippen LogP contribution in [0.5, 0.6) is 0 Å². The fourth-order valence-electron chi connectivity index (χ4n) is 2.74. The Morgan fingerprint density at radius 3 is 3.04 bits per heavy atom. The summed E-state index contributed by atoms with van der Waals surface area (Å²) < 4.78 is 6.55. The van der Waals surface area contributed by atoms with Crippen LogP contribution >= 0.6 is 15.9 Å². The molecule has 0 bridgehead atoms. The second-order valence-corrected chi connectivity index (χ2v) is 7.52. The molecule has 0 spiro atoms. The molecule has 1 fully saturated rings. The zero-order chi connectivity index (χ0) is 16.7. The number of halogens is 1. The number of amides is 1. The summed E-state index contributed by atoms with van der Waals surface area (Å²) >= 11 is 3.52. The van der Waals surface area contributed by atoms with E-state index < -0.39 is 0 Å². The minimum atomic E-state index is 0.0923. The number of carbonyl (C=O) groups excluding carboxylic acids is 1. The number of carbonyl (C=O) groups is 1. The molecule has 1 aromatic rings. The van der Waals surface area contributed by atoms with Crippen LogP contribution in [0.25, 0.3) is 0 Å². The number of nitrogens with one attached hydrogen (secondary N) is 1. The summed E-state index contributed by atoms with van der Waals surface area (Å²) in [5.41, 5.74) is 1.25. The van der Waals surface area contributed by atoms with Crippen molar-refractivity contribution < 1.29 is 9.53 Å². The van der Waals surface area contributed by atoms with Gasteiger partial charge in [-0.25, -0.2) is 0 Å². The Hall–Kier alpha value is -1.07. The van der Waals surface area contributed by atoms with Gasteiger partial charge in [0.05, 0.1) is 6.61 Å². The molecule has 1 heterocycles. The summed E-state index contributed by atoms with van der Waals surface area (Å²) in [6.07, 6.45) is 1.57. The van der Waals surface area contributed by atoms with Crippen molar-refractivity contribution in [2.24, 2.45) is 11.8 Å². The lowest BCUT2D eigenvalue weighted by molar-refractivity contribution is -0.122. The molecule has 1 aromatic carbocycles. The molecule has 1 N–H and O–H groups in total. The average molecular weight is 383 g/mol. The Bertz CT molecular complexity index is 508. The van der Waals surface area contributed by atoms with Gasteiger partial charge in [-0.1, -0.05) is 35.8 Å². The molecule has 0 aliphatic carbocycles. The normalized spacial score (nSPS) is 17.7. The highest BCUT2D eigenvalue weighted by Crippen LogP contribution is 2.25. The highest BCUT2D eigenvalue weighted by Gasteiger charge is 2.23. The molecule has 1 unspecified atom stereocenters. The summed E-state index contributed by atoms with van der Waals surface area (Å²) in [5.74, 6) is 1.13. The third-order valence-corrected chi connectivity index (χ3v) is 4.47. The first-order chi connectivity index (χ1) is 11.0. The molecule has 2 rings (SSSR count). The fourth-order valence-corrected chi connectivity index (χ4v) is 3.12. The molecule has 0 aromatic heterocycles. The zero-order valence-electron chi connectivity index (χ0n) is 14.1. The third-order valence-electron chi connectivity index (χ3n) is 3.97. The number of benzene rings is 1. The molecule has 5 heteroatoms. The molecule has 4 nitrogen and oxygen atoms in total. The van der Waals surface area contributed by atoms with Crippen molar-refractivity contribution in [3.05, 3.63) is 28.7 Å². The van der Waals surface area contributed by atoms with E-state index in [1.807, 2.05) is 6.07 Å². The quantitative estimate of drug-likeness (QED) is 0.700. The van der Waals surface area contributed by atoms with E-state index >= 15 is 0 Å². The van der Waals surface area contributed by atoms with Crippen molar-refractivity contribution in [1.29, 1.82) is 0 Å². The van der Waals surface area contributed by atoms with Gasteiger partial charge in [-0.15, -0.1) is 0 Å². The van der Waals surface area contributed by atoms with Crippen LogP contribution in [0.1, 0.15) is 26.7 Å². The molecule has 1 aliphatic heterocycles. The Morgan fingerprint density at radius 1 is 1.48 bits per heavy atom. The number of ether oxygens (including phenoxy) is 1. The van der Waals surface area contributed by atoms with Gasteiger partial charge in [0.15, 0.2) is 0 Å². The van der Waals surface area contributed by atoms with E-state index in [-0.39, 0.29) is 5.91 Å². The zero-order valence-corrected chi connectivity index (χ0v) is 15.6. The van der Waals surface area contributed by atoms with Crippen LogP contribution < -0.4 is 10.2 Å². The van der Waals surface area contributed by atoms with Gasteiger partial charge in [0.25, 0.3) is 0 Å². The molecular formula is C18H27BrN2O2. The van der Waals surface area contributed by atoms with Crippen LogP contribution in [0.4, 0.5) is 5.69 Å². The molecule has 0 saturated carbocycles. The number of hydrogen-bond donors (Lipinski definition) is 1. The van der Waals surface area contributed by atoms with Gasteiger partial charge in [-0.3, -0.25) is 4.79 Å². The number of nitrogens with zero attached hydrogens (tertiary/aromatic N) is 1. The summed E-state index contributed by atoms with van der Waals surface area (Å²) in [6.45, 7) is 8.26. The van der Waals surface area contributed by atoms with Crippen LogP contribution in [0, 0.1) is 11.8 Å². The Morgan fingerprint density at radius 2 is 2.30 bits per heavy atom. The molecule has 1 amide bonds. The maximum Gasteiger partial charge on any atom is 0.222 e. The van der Waals surface area contributed by atoms with Crippen molar-refractivity contribution >= 4 is 27.5 Å². The first kappa shape index (κ1) is 18.3. The number of hydrogen-bond acceptors (Lipinski definition) is 3. The maximum atomic E-state index is 11.8. The SMILES string of the molecule is CC(C)COCCC(=O)NCC1CCN(c2cccc(Br)c2)C1. The minimum absolute atomic E-state index is 0.0923. The molecule has 128 valence electrons. The van der Waals surface area contributed by atoms with Gasteiger partial charge in [0.2, 0.25) is 5.91 Å². The van der Waals surface area contributed by atoms with E-state index in [4.69, 9.17) is 4.74 Å². The minimum Gasteiger partial charge on any atom is -0.381 e. The van der Waals surface area contributed by atoms with Crippen LogP contribution in [0.15, 0.2) is 28.7 Å². The van der Waals surface area contributed by atoms with E-state index in [9.17, 15) is 4.79 Å². The Labute approximate surface area is 147 Å². The summed E-state index contributed by atoms with van der Waals surface area (Å²) in [6, 6.07) is 8.38. The largest absolute Gasteiger partial charge is 0.381 e. The average Bonchev–Trinajstić information content (AvgIpc) is 2.98. The molecule has 23 heavy (non-hydrogen) atoms. The summed E-state index contributed by atoms with van der Waals surface area (Å²) in [4.78, 5) is 14.2. The van der Waals surface area contributed by atoms with E-state index in [1.54, 1.807) is 0 Å². The Balaban J connectivity index is 1.65. The van der Waals surface area contributed by atoms with Crippen LogP contribution in [-0.4, -0.2) is 38.8 Å². The number of rotatable bonds is 8. The first-order valence-electron chi connectivity index (χ1n) is 8.39. The van der Waals surface area contributed by atoms with Crippen molar-refractivity contribution in [2.75, 3.05) is 37.7 Å². The predicted molar refractivity (Wildman–Crippen MR) is 97.7 cm³/mol. The van der Waals surface area contributed by atoms with Gasteiger partial charge in [0, 0.05) is 42.8 Å². The lowest BCUT2D eigenvalue weighted by atomic mass is 10.1. The third kappa shape index (κ3) is 6.51. The van der Waals surface area contributed by atoms with Crippen LogP contribution in [0.3, 0.4) is 0 Å². The molecular weight excluding hydrogens is 356 g/mol. The van der Waals surface area contributed by atoms with E-state index in [2.05, 4.69) is 58.2 Å². The smallest absolute Gasteiger partial charge is 0.222 e. The van der Waals surface area contributed by atoms with Crippen molar-refractivity contribution in [1.82, 2.24) is 5.32 Å². The molecule has 1 aliphatic rings. The fraction of sp³-hybridized carbons (Fsp3) is 0.611.